The van der Waals surface area contributed by atoms with Crippen LogP contribution in [-0.4, -0.2) is 32.6 Å². The minimum atomic E-state index is -0.976. The highest BCUT2D eigenvalue weighted by atomic mass is 35.5. The van der Waals surface area contributed by atoms with Crippen LogP contribution < -0.4 is 0 Å². The third-order valence-corrected chi connectivity index (χ3v) is 1.75. The summed E-state index contributed by atoms with van der Waals surface area (Å²) in [5, 5.41) is 21.3. The molecule has 13 heavy (non-hydrogen) atoms. The number of aliphatic hydroxyl groups excluding tert-OH is 1. The van der Waals surface area contributed by atoms with Gasteiger partial charge in [-0.1, -0.05) is 11.6 Å². The maximum absolute atomic E-state index is 10.3. The maximum atomic E-state index is 10.3. The molecule has 0 radical (unpaired) electrons. The molecule has 0 unspecified atom stereocenters. The van der Waals surface area contributed by atoms with Crippen molar-refractivity contribution in [2.24, 2.45) is 0 Å². The first-order valence-electron chi connectivity index (χ1n) is 3.68. The van der Waals surface area contributed by atoms with Crippen LogP contribution >= 0.6 is 11.6 Å². The number of hydrogen-bond donors (Lipinski definition) is 2. The van der Waals surface area contributed by atoms with E-state index in [2.05, 4.69) is 5.10 Å². The quantitative estimate of drug-likeness (QED) is 0.733. The summed E-state index contributed by atoms with van der Waals surface area (Å²) in [5.41, 5.74) is 0.322. The number of aromatic nitrogens is 2. The lowest BCUT2D eigenvalue weighted by Gasteiger charge is -1.94. The molecule has 0 fully saturated rings. The number of aliphatic hydroxyl groups is 1. The van der Waals surface area contributed by atoms with Crippen molar-refractivity contribution in [1.29, 1.82) is 0 Å². The molecule has 0 aliphatic carbocycles. The minimum Gasteiger partial charge on any atom is -0.481 e. The van der Waals surface area contributed by atoms with Crippen molar-refractivity contribution in [2.45, 2.75) is 13.0 Å². The van der Waals surface area contributed by atoms with Gasteiger partial charge in [-0.15, -0.1) is 0 Å². The van der Waals surface area contributed by atoms with Crippen molar-refractivity contribution in [3.05, 3.63) is 16.9 Å². The van der Waals surface area contributed by atoms with E-state index in [4.69, 9.17) is 21.8 Å². The molecule has 0 aromatic carbocycles. The lowest BCUT2D eigenvalue weighted by molar-refractivity contribution is -0.136. The van der Waals surface area contributed by atoms with E-state index in [1.807, 2.05) is 0 Å². The molecule has 0 aliphatic heterocycles. The Morgan fingerprint density at radius 1 is 1.69 bits per heavy atom. The maximum Gasteiger partial charge on any atom is 0.309 e. The molecule has 0 amide bonds. The van der Waals surface area contributed by atoms with Gasteiger partial charge in [-0.05, 0) is 0 Å². The van der Waals surface area contributed by atoms with Crippen molar-refractivity contribution in [1.82, 2.24) is 9.78 Å². The molecule has 2 N–H and O–H groups in total. The summed E-state index contributed by atoms with van der Waals surface area (Å²) in [7, 11) is 0. The zero-order valence-electron chi connectivity index (χ0n) is 6.77. The lowest BCUT2D eigenvalue weighted by atomic mass is 10.3. The number of carbonyl (C=O) groups is 1. The number of nitrogens with zero attached hydrogens (tertiary/aromatic N) is 2. The number of rotatable bonds is 4. The molecule has 0 saturated heterocycles. The summed E-state index contributed by atoms with van der Waals surface area (Å²) in [4.78, 5) is 10.3. The standard InChI is InChI=1S/C7H9ClN2O3/c8-5-4-10(1-2-11)9-6(5)3-7(12)13/h4,11H,1-3H2,(H,12,13). The topological polar surface area (TPSA) is 75.3 Å². The fraction of sp³-hybridized carbons (Fsp3) is 0.429. The van der Waals surface area contributed by atoms with E-state index in [1.54, 1.807) is 0 Å². The number of carboxylic acids is 1. The SMILES string of the molecule is O=C(O)Cc1nn(CCO)cc1Cl. The second kappa shape index (κ2) is 4.25. The van der Waals surface area contributed by atoms with Crippen LogP contribution in [0.5, 0.6) is 0 Å². The van der Waals surface area contributed by atoms with Gasteiger partial charge in [0, 0.05) is 6.20 Å². The number of aliphatic carboxylic acids is 1. The van der Waals surface area contributed by atoms with Gasteiger partial charge in [0.05, 0.1) is 30.3 Å². The van der Waals surface area contributed by atoms with E-state index in [9.17, 15) is 4.79 Å². The lowest BCUT2D eigenvalue weighted by Crippen LogP contribution is -2.05. The van der Waals surface area contributed by atoms with Crippen LogP contribution in [-0.2, 0) is 17.8 Å². The first-order chi connectivity index (χ1) is 6.13. The summed E-state index contributed by atoms with van der Waals surface area (Å²) in [6.07, 6.45) is 1.30. The molecule has 1 aromatic rings. The van der Waals surface area contributed by atoms with Gasteiger partial charge in [0.25, 0.3) is 0 Å². The Morgan fingerprint density at radius 3 is 2.92 bits per heavy atom. The largest absolute Gasteiger partial charge is 0.481 e. The molecule has 0 saturated carbocycles. The summed E-state index contributed by atoms with van der Waals surface area (Å²) >= 11 is 5.70. The fourth-order valence-electron chi connectivity index (χ4n) is 0.917. The molecule has 1 heterocycles. The van der Waals surface area contributed by atoms with Crippen molar-refractivity contribution < 1.29 is 15.0 Å². The molecular weight excluding hydrogens is 196 g/mol. The van der Waals surface area contributed by atoms with Crippen LogP contribution in [0.4, 0.5) is 0 Å². The first-order valence-corrected chi connectivity index (χ1v) is 4.05. The zero-order chi connectivity index (χ0) is 9.84. The van der Waals surface area contributed by atoms with Crippen LogP contribution in [0.2, 0.25) is 5.02 Å². The second-order valence-electron chi connectivity index (χ2n) is 2.48. The summed E-state index contributed by atoms with van der Waals surface area (Å²) in [6, 6.07) is 0. The number of halogens is 1. The molecule has 5 nitrogen and oxygen atoms in total. The van der Waals surface area contributed by atoms with Crippen molar-refractivity contribution in [2.75, 3.05) is 6.61 Å². The number of carboxylic acid groups (broad SMARTS) is 1. The van der Waals surface area contributed by atoms with Gasteiger partial charge in [0.1, 0.15) is 0 Å². The van der Waals surface area contributed by atoms with Gasteiger partial charge < -0.3 is 10.2 Å². The molecule has 72 valence electrons. The molecule has 0 spiro atoms. The van der Waals surface area contributed by atoms with E-state index in [0.29, 0.717) is 17.3 Å². The van der Waals surface area contributed by atoms with Crippen LogP contribution in [0.25, 0.3) is 0 Å². The summed E-state index contributed by atoms with van der Waals surface area (Å²) in [6.45, 7) is 0.268. The van der Waals surface area contributed by atoms with Gasteiger partial charge in [0.2, 0.25) is 0 Å². The second-order valence-corrected chi connectivity index (χ2v) is 2.89. The Bertz CT molecular complexity index is 311. The highest BCUT2D eigenvalue weighted by Crippen LogP contribution is 2.14. The van der Waals surface area contributed by atoms with Crippen molar-refractivity contribution in [3.63, 3.8) is 0 Å². The Kier molecular flexibility index (Phi) is 3.27. The van der Waals surface area contributed by atoms with Crippen LogP contribution in [0.15, 0.2) is 6.20 Å². The highest BCUT2D eigenvalue weighted by Gasteiger charge is 2.09. The van der Waals surface area contributed by atoms with Crippen LogP contribution in [0.3, 0.4) is 0 Å². The molecule has 0 atom stereocenters. The van der Waals surface area contributed by atoms with Gasteiger partial charge in [0.15, 0.2) is 0 Å². The molecule has 1 rings (SSSR count). The minimum absolute atomic E-state index is 0.0511. The van der Waals surface area contributed by atoms with E-state index in [1.165, 1.54) is 10.9 Å². The van der Waals surface area contributed by atoms with Crippen molar-refractivity contribution >= 4 is 17.6 Å². The predicted octanol–water partition coefficient (Wildman–Crippen LogP) is 0.156. The fourth-order valence-corrected chi connectivity index (χ4v) is 1.13. The Balaban J connectivity index is 2.77. The monoisotopic (exact) mass is 204 g/mol. The predicted molar refractivity (Wildman–Crippen MR) is 45.7 cm³/mol. The molecule has 1 aromatic heterocycles. The molecule has 0 bridgehead atoms. The summed E-state index contributed by atoms with van der Waals surface area (Å²) in [5.74, 6) is -0.976. The average molecular weight is 205 g/mol. The smallest absolute Gasteiger partial charge is 0.309 e. The first kappa shape index (κ1) is 10.0. The zero-order valence-corrected chi connectivity index (χ0v) is 7.53. The van der Waals surface area contributed by atoms with Crippen molar-refractivity contribution in [3.8, 4) is 0 Å². The van der Waals surface area contributed by atoms with Gasteiger partial charge in [-0.2, -0.15) is 5.10 Å². The summed E-state index contributed by atoms with van der Waals surface area (Å²) < 4.78 is 1.42. The van der Waals surface area contributed by atoms with Gasteiger partial charge >= 0.3 is 5.97 Å². The normalized spacial score (nSPS) is 10.3. The Hall–Kier alpha value is -1.07. The van der Waals surface area contributed by atoms with Crippen LogP contribution in [0.1, 0.15) is 5.69 Å². The molecule has 0 aliphatic rings. The van der Waals surface area contributed by atoms with Gasteiger partial charge in [-0.3, -0.25) is 9.48 Å². The molecule has 6 heteroatoms. The third-order valence-electron chi connectivity index (χ3n) is 1.43. The highest BCUT2D eigenvalue weighted by molar-refractivity contribution is 6.31. The Morgan fingerprint density at radius 2 is 2.38 bits per heavy atom. The van der Waals surface area contributed by atoms with Gasteiger partial charge in [-0.25, -0.2) is 0 Å². The Labute approximate surface area is 79.6 Å². The van der Waals surface area contributed by atoms with E-state index in [0.717, 1.165) is 0 Å². The average Bonchev–Trinajstić information content (AvgIpc) is 2.31. The van der Waals surface area contributed by atoms with Crippen LogP contribution in [0, 0.1) is 0 Å². The van der Waals surface area contributed by atoms with E-state index < -0.39 is 5.97 Å². The number of hydrogen-bond acceptors (Lipinski definition) is 3. The van der Waals surface area contributed by atoms with E-state index in [-0.39, 0.29) is 13.0 Å². The third kappa shape index (κ3) is 2.71. The van der Waals surface area contributed by atoms with E-state index >= 15 is 0 Å². The molecular formula is C7H9ClN2O3.